The largest absolute Gasteiger partial charge is 0.495 e. The number of fused-ring (bicyclic) bond motifs is 1. The molecule has 96 valence electrons. The van der Waals surface area contributed by atoms with Crippen LogP contribution in [0.4, 0.5) is 0 Å². The first-order valence-electron chi connectivity index (χ1n) is 5.91. The Labute approximate surface area is 111 Å². The number of halogens is 1. The van der Waals surface area contributed by atoms with Gasteiger partial charge in [0.1, 0.15) is 10.8 Å². The fourth-order valence-corrected chi connectivity index (χ4v) is 2.31. The van der Waals surface area contributed by atoms with E-state index in [1.165, 1.54) is 0 Å². The van der Waals surface area contributed by atoms with Crippen molar-refractivity contribution in [2.75, 3.05) is 7.11 Å². The molecule has 2 rings (SSSR count). The van der Waals surface area contributed by atoms with E-state index in [1.54, 1.807) is 25.3 Å². The topological polar surface area (TPSA) is 42.1 Å². The van der Waals surface area contributed by atoms with Crippen molar-refractivity contribution >= 4 is 22.5 Å². The van der Waals surface area contributed by atoms with Crippen LogP contribution < -0.4 is 10.2 Å². The second-order valence-electron chi connectivity index (χ2n) is 4.76. The molecule has 0 aliphatic rings. The minimum absolute atomic E-state index is 0.0102. The van der Waals surface area contributed by atoms with Crippen molar-refractivity contribution in [3.63, 3.8) is 0 Å². The van der Waals surface area contributed by atoms with Crippen molar-refractivity contribution in [1.29, 1.82) is 0 Å². The SMILES string of the molecule is COc1ccc2c(=O)cc(CC(C)C)[nH]c2c1Cl. The van der Waals surface area contributed by atoms with Crippen LogP contribution in [-0.4, -0.2) is 12.1 Å². The number of hydrogen-bond donors (Lipinski definition) is 1. The van der Waals surface area contributed by atoms with Crippen molar-refractivity contribution in [1.82, 2.24) is 4.98 Å². The van der Waals surface area contributed by atoms with Gasteiger partial charge in [-0.1, -0.05) is 25.4 Å². The van der Waals surface area contributed by atoms with Crippen LogP contribution in [0.2, 0.25) is 5.02 Å². The number of hydrogen-bond acceptors (Lipinski definition) is 2. The van der Waals surface area contributed by atoms with E-state index in [1.807, 2.05) is 0 Å². The average Bonchev–Trinajstić information content (AvgIpc) is 2.30. The highest BCUT2D eigenvalue weighted by molar-refractivity contribution is 6.36. The molecule has 0 bridgehead atoms. The summed E-state index contributed by atoms with van der Waals surface area (Å²) in [5.74, 6) is 1.05. The molecule has 0 aliphatic heterocycles. The van der Waals surface area contributed by atoms with E-state index in [0.29, 0.717) is 27.6 Å². The van der Waals surface area contributed by atoms with Crippen molar-refractivity contribution in [3.8, 4) is 5.75 Å². The van der Waals surface area contributed by atoms with Gasteiger partial charge in [0.25, 0.3) is 0 Å². The predicted molar refractivity (Wildman–Crippen MR) is 74.7 cm³/mol. The number of rotatable bonds is 3. The number of ether oxygens (including phenoxy) is 1. The minimum atomic E-state index is -0.0102. The third kappa shape index (κ3) is 2.36. The lowest BCUT2D eigenvalue weighted by atomic mass is 10.1. The van der Waals surface area contributed by atoms with E-state index in [2.05, 4.69) is 18.8 Å². The van der Waals surface area contributed by atoms with Gasteiger partial charge in [0.15, 0.2) is 5.43 Å². The summed E-state index contributed by atoms with van der Waals surface area (Å²) in [6.07, 6.45) is 0.818. The van der Waals surface area contributed by atoms with Crippen LogP contribution in [-0.2, 0) is 6.42 Å². The molecule has 0 unspecified atom stereocenters. The van der Waals surface area contributed by atoms with Crippen LogP contribution in [0.15, 0.2) is 23.0 Å². The Morgan fingerprint density at radius 1 is 1.39 bits per heavy atom. The number of pyridine rings is 1. The molecule has 0 aliphatic carbocycles. The van der Waals surface area contributed by atoms with Gasteiger partial charge >= 0.3 is 0 Å². The molecule has 0 amide bonds. The van der Waals surface area contributed by atoms with E-state index >= 15 is 0 Å². The third-order valence-corrected chi connectivity index (χ3v) is 3.19. The normalized spacial score (nSPS) is 11.2. The van der Waals surface area contributed by atoms with E-state index in [9.17, 15) is 4.79 Å². The molecular formula is C14H16ClNO2. The fourth-order valence-electron chi connectivity index (χ4n) is 2.02. The molecule has 4 heteroatoms. The van der Waals surface area contributed by atoms with Gasteiger partial charge in [-0.2, -0.15) is 0 Å². The summed E-state index contributed by atoms with van der Waals surface area (Å²) >= 11 is 6.23. The van der Waals surface area contributed by atoms with E-state index in [4.69, 9.17) is 16.3 Å². The monoisotopic (exact) mass is 265 g/mol. The fraction of sp³-hybridized carbons (Fsp3) is 0.357. The average molecular weight is 266 g/mol. The second-order valence-corrected chi connectivity index (χ2v) is 5.14. The van der Waals surface area contributed by atoms with Crippen LogP contribution in [0.1, 0.15) is 19.5 Å². The van der Waals surface area contributed by atoms with E-state index in [0.717, 1.165) is 12.1 Å². The highest BCUT2D eigenvalue weighted by Gasteiger charge is 2.10. The zero-order valence-corrected chi connectivity index (χ0v) is 11.5. The lowest BCUT2D eigenvalue weighted by molar-refractivity contribution is 0.415. The van der Waals surface area contributed by atoms with Gasteiger partial charge in [0.2, 0.25) is 0 Å². The lowest BCUT2D eigenvalue weighted by Crippen LogP contribution is -2.07. The van der Waals surface area contributed by atoms with Crippen LogP contribution in [0.3, 0.4) is 0 Å². The van der Waals surface area contributed by atoms with Gasteiger partial charge in [-0.25, -0.2) is 0 Å². The summed E-state index contributed by atoms with van der Waals surface area (Å²) in [5.41, 5.74) is 1.54. The van der Waals surface area contributed by atoms with Crippen LogP contribution in [0.5, 0.6) is 5.75 Å². The molecular weight excluding hydrogens is 250 g/mol. The molecule has 1 aromatic heterocycles. The van der Waals surface area contributed by atoms with Gasteiger partial charge in [0, 0.05) is 17.1 Å². The molecule has 0 radical (unpaired) electrons. The molecule has 3 nitrogen and oxygen atoms in total. The number of benzene rings is 1. The number of aromatic nitrogens is 1. The molecule has 1 heterocycles. The zero-order valence-electron chi connectivity index (χ0n) is 10.7. The van der Waals surface area contributed by atoms with Crippen LogP contribution in [0, 0.1) is 5.92 Å². The Balaban J connectivity index is 2.68. The van der Waals surface area contributed by atoms with Crippen molar-refractivity contribution in [2.24, 2.45) is 5.92 Å². The van der Waals surface area contributed by atoms with E-state index in [-0.39, 0.29) is 5.43 Å². The van der Waals surface area contributed by atoms with Crippen molar-refractivity contribution < 1.29 is 4.74 Å². The summed E-state index contributed by atoms with van der Waals surface area (Å²) in [5, 5.41) is 1.05. The maximum absolute atomic E-state index is 12.0. The highest BCUT2D eigenvalue weighted by Crippen LogP contribution is 2.30. The Morgan fingerprint density at radius 3 is 2.72 bits per heavy atom. The number of H-pyrrole nitrogens is 1. The number of nitrogens with one attached hydrogen (secondary N) is 1. The third-order valence-electron chi connectivity index (χ3n) is 2.81. The predicted octanol–water partition coefficient (Wildman–Crippen LogP) is 3.39. The smallest absolute Gasteiger partial charge is 0.189 e. The Bertz CT molecular complexity index is 631. The maximum atomic E-state index is 12.0. The van der Waals surface area contributed by atoms with Crippen LogP contribution in [0.25, 0.3) is 10.9 Å². The minimum Gasteiger partial charge on any atom is -0.495 e. The zero-order chi connectivity index (χ0) is 13.3. The number of aromatic amines is 1. The quantitative estimate of drug-likeness (QED) is 0.924. The van der Waals surface area contributed by atoms with Gasteiger partial charge in [-0.05, 0) is 24.5 Å². The molecule has 0 saturated carbocycles. The Morgan fingerprint density at radius 2 is 2.11 bits per heavy atom. The second kappa shape index (κ2) is 5.02. The maximum Gasteiger partial charge on any atom is 0.189 e. The highest BCUT2D eigenvalue weighted by atomic mass is 35.5. The van der Waals surface area contributed by atoms with Crippen molar-refractivity contribution in [2.45, 2.75) is 20.3 Å². The first-order chi connectivity index (χ1) is 8.52. The van der Waals surface area contributed by atoms with Gasteiger partial charge in [-0.15, -0.1) is 0 Å². The van der Waals surface area contributed by atoms with Gasteiger partial charge in [-0.3, -0.25) is 4.79 Å². The van der Waals surface area contributed by atoms with Crippen molar-refractivity contribution in [3.05, 3.63) is 39.1 Å². The molecule has 2 aromatic rings. The summed E-state index contributed by atoms with van der Waals surface area (Å²) in [7, 11) is 1.56. The van der Waals surface area contributed by atoms with Crippen LogP contribution >= 0.6 is 11.6 Å². The molecule has 0 saturated heterocycles. The standard InChI is InChI=1S/C14H16ClNO2/c1-8(2)6-9-7-11(17)10-4-5-12(18-3)13(15)14(10)16-9/h4-5,7-8H,6H2,1-3H3,(H,16,17). The molecule has 0 fully saturated rings. The first kappa shape index (κ1) is 13.0. The summed E-state index contributed by atoms with van der Waals surface area (Å²) in [6, 6.07) is 5.09. The summed E-state index contributed by atoms with van der Waals surface area (Å²) in [4.78, 5) is 15.2. The summed E-state index contributed by atoms with van der Waals surface area (Å²) in [6.45, 7) is 4.21. The molecule has 18 heavy (non-hydrogen) atoms. The molecule has 1 aromatic carbocycles. The van der Waals surface area contributed by atoms with Gasteiger partial charge < -0.3 is 9.72 Å². The summed E-state index contributed by atoms with van der Waals surface area (Å²) < 4.78 is 5.16. The van der Waals surface area contributed by atoms with Gasteiger partial charge in [0.05, 0.1) is 12.6 Å². The lowest BCUT2D eigenvalue weighted by Gasteiger charge is -2.10. The first-order valence-corrected chi connectivity index (χ1v) is 6.29. The van der Waals surface area contributed by atoms with E-state index < -0.39 is 0 Å². The molecule has 0 spiro atoms. The Kier molecular flexibility index (Phi) is 3.62. The molecule has 1 N–H and O–H groups in total. The Hall–Kier alpha value is -1.48. The molecule has 0 atom stereocenters. The number of methoxy groups -OCH3 is 1.